The van der Waals surface area contributed by atoms with Crippen LogP contribution in [0.1, 0.15) is 20.7 Å². The van der Waals surface area contributed by atoms with E-state index in [0.29, 0.717) is 12.1 Å². The number of aromatic carboxylic acids is 2. The molecule has 0 fully saturated rings. The molecule has 1 aromatic rings. The molecule has 1 aromatic carbocycles. The molecule has 17 heavy (non-hydrogen) atoms. The maximum Gasteiger partial charge on any atom is 2.00 e. The van der Waals surface area contributed by atoms with Crippen LogP contribution in [0.3, 0.4) is 0 Å². The predicted molar refractivity (Wildman–Crippen MR) is 44.9 cm³/mol. The van der Waals surface area contributed by atoms with Gasteiger partial charge in [-0.25, -0.2) is 0 Å². The summed E-state index contributed by atoms with van der Waals surface area (Å²) >= 11 is 0. The van der Waals surface area contributed by atoms with Gasteiger partial charge in [0.2, 0.25) is 0 Å². The Morgan fingerprint density at radius 2 is 1.65 bits per heavy atom. The molecule has 9 heteroatoms. The Labute approximate surface area is 109 Å². The molecular weight excluding hydrogens is 306 g/mol. The zero-order chi connectivity index (χ0) is 12.5. The van der Waals surface area contributed by atoms with E-state index in [1.165, 1.54) is 0 Å². The summed E-state index contributed by atoms with van der Waals surface area (Å²) < 4.78 is 30.1. The van der Waals surface area contributed by atoms with Crippen molar-refractivity contribution in [3.63, 3.8) is 0 Å². The maximum atomic E-state index is 10.7. The van der Waals surface area contributed by atoms with Crippen LogP contribution in [-0.4, -0.2) is 24.9 Å². The fraction of sp³-hybridized carbons (Fsp3) is 0. The molecule has 0 bridgehead atoms. The van der Waals surface area contributed by atoms with E-state index in [9.17, 15) is 28.2 Å². The van der Waals surface area contributed by atoms with Gasteiger partial charge in [0.25, 0.3) is 10.1 Å². The van der Waals surface area contributed by atoms with Crippen molar-refractivity contribution in [3.05, 3.63) is 29.3 Å². The van der Waals surface area contributed by atoms with Crippen LogP contribution in [0.15, 0.2) is 23.1 Å². The summed E-state index contributed by atoms with van der Waals surface area (Å²) in [7, 11) is -4.76. The van der Waals surface area contributed by atoms with Gasteiger partial charge in [-0.1, -0.05) is 6.07 Å². The summed E-state index contributed by atoms with van der Waals surface area (Å²) in [6, 6.07) is 1.98. The number of carboxylic acid groups (broad SMARTS) is 2. The first kappa shape index (κ1) is 15.7. The van der Waals surface area contributed by atoms with Crippen LogP contribution in [0, 0.1) is 0 Å². The molecule has 0 spiro atoms. The topological polar surface area (TPSA) is 135 Å². The Hall–Kier alpha value is -1.31. The van der Waals surface area contributed by atoms with Crippen LogP contribution in [0.25, 0.3) is 0 Å². The summed E-state index contributed by atoms with van der Waals surface area (Å²) in [6.07, 6.45) is 0. The van der Waals surface area contributed by atoms with E-state index in [-0.39, 0.29) is 19.5 Å². The largest absolute Gasteiger partial charge is 2.00 e. The Morgan fingerprint density at radius 3 is 2.00 bits per heavy atom. The molecule has 0 aromatic heterocycles. The van der Waals surface area contributed by atoms with Crippen molar-refractivity contribution < 1.29 is 52.3 Å². The Balaban J connectivity index is 0.00000256. The van der Waals surface area contributed by atoms with Gasteiger partial charge in [-0.2, -0.15) is 8.42 Å². The fourth-order valence-electron chi connectivity index (χ4n) is 1.04. The molecule has 7 nitrogen and oxygen atoms in total. The number of rotatable bonds is 3. The second kappa shape index (κ2) is 5.35. The SMILES string of the molecule is O=C([O-])c1ccc(S(=O)(=O)O)c(C(=O)[O-])c1.[Zn+2]. The molecule has 0 unspecified atom stereocenters. The zero-order valence-corrected chi connectivity index (χ0v) is 12.0. The first-order chi connectivity index (χ1) is 7.23. The normalized spacial score (nSPS) is 10.4. The van der Waals surface area contributed by atoms with Gasteiger partial charge in [0, 0.05) is 5.56 Å². The smallest absolute Gasteiger partial charge is 0.545 e. The monoisotopic (exact) mass is 308 g/mol. The van der Waals surface area contributed by atoms with Crippen LogP contribution >= 0.6 is 0 Å². The van der Waals surface area contributed by atoms with Gasteiger partial charge in [0.05, 0.1) is 11.9 Å². The van der Waals surface area contributed by atoms with Crippen LogP contribution in [0.5, 0.6) is 0 Å². The van der Waals surface area contributed by atoms with Crippen LogP contribution in [-0.2, 0) is 29.6 Å². The third-order valence-corrected chi connectivity index (χ3v) is 2.62. The fourth-order valence-corrected chi connectivity index (χ4v) is 1.70. The van der Waals surface area contributed by atoms with Crippen LogP contribution in [0.4, 0.5) is 0 Å². The van der Waals surface area contributed by atoms with Crippen molar-refractivity contribution in [2.24, 2.45) is 0 Å². The van der Waals surface area contributed by atoms with E-state index < -0.39 is 38.1 Å². The first-order valence-corrected chi connectivity index (χ1v) is 5.21. The number of carbonyl (C=O) groups excluding carboxylic acids is 2. The maximum absolute atomic E-state index is 10.7. The second-order valence-electron chi connectivity index (χ2n) is 2.76. The number of carbonyl (C=O) groups is 2. The van der Waals surface area contributed by atoms with Crippen molar-refractivity contribution >= 4 is 22.1 Å². The van der Waals surface area contributed by atoms with Crippen LogP contribution in [0.2, 0.25) is 0 Å². The van der Waals surface area contributed by atoms with Gasteiger partial charge >= 0.3 is 19.5 Å². The van der Waals surface area contributed by atoms with Gasteiger partial charge in [-0.15, -0.1) is 0 Å². The zero-order valence-electron chi connectivity index (χ0n) is 8.24. The average molecular weight is 310 g/mol. The Bertz CT molecular complexity index is 563. The molecule has 0 saturated carbocycles. The molecule has 86 valence electrons. The van der Waals surface area contributed by atoms with Crippen molar-refractivity contribution in [3.8, 4) is 0 Å². The summed E-state index contributed by atoms with van der Waals surface area (Å²) in [5.74, 6) is -3.60. The van der Waals surface area contributed by atoms with Crippen molar-refractivity contribution in [2.45, 2.75) is 4.90 Å². The molecular formula is C8H4O7SZn. The average Bonchev–Trinajstić information content (AvgIpc) is 2.15. The van der Waals surface area contributed by atoms with E-state index >= 15 is 0 Å². The first-order valence-electron chi connectivity index (χ1n) is 3.77. The molecule has 0 radical (unpaired) electrons. The number of benzene rings is 1. The molecule has 1 N–H and O–H groups in total. The van der Waals surface area contributed by atoms with Crippen LogP contribution < -0.4 is 10.2 Å². The van der Waals surface area contributed by atoms with Crippen molar-refractivity contribution in [1.82, 2.24) is 0 Å². The summed E-state index contributed by atoms with van der Waals surface area (Å²) in [5, 5.41) is 20.9. The van der Waals surface area contributed by atoms with E-state index in [0.717, 1.165) is 6.07 Å². The number of hydrogen-bond donors (Lipinski definition) is 1. The summed E-state index contributed by atoms with van der Waals surface area (Å²) in [6.45, 7) is 0. The molecule has 0 amide bonds. The molecule has 0 heterocycles. The van der Waals surface area contributed by atoms with Crippen molar-refractivity contribution in [2.75, 3.05) is 0 Å². The molecule has 0 aliphatic rings. The second-order valence-corrected chi connectivity index (χ2v) is 4.15. The van der Waals surface area contributed by atoms with Gasteiger partial charge < -0.3 is 19.8 Å². The molecule has 0 aliphatic carbocycles. The summed E-state index contributed by atoms with van der Waals surface area (Å²) in [5.41, 5.74) is -1.48. The minimum Gasteiger partial charge on any atom is -0.545 e. The predicted octanol–water partition coefficient (Wildman–Crippen LogP) is -2.34. The number of carboxylic acids is 2. The quantitative estimate of drug-likeness (QED) is 0.488. The van der Waals surface area contributed by atoms with Gasteiger partial charge in [-0.05, 0) is 17.7 Å². The Morgan fingerprint density at radius 1 is 1.12 bits per heavy atom. The standard InChI is InChI=1S/C8H6O7S.Zn/c9-7(10)4-1-2-6(16(13,14)15)5(3-4)8(11)12;/h1-3H,(H,9,10)(H,11,12)(H,13,14,15);/q;+2/p-2. The van der Waals surface area contributed by atoms with Gasteiger partial charge in [0.1, 0.15) is 4.90 Å². The summed E-state index contributed by atoms with van der Waals surface area (Å²) in [4.78, 5) is 20.0. The van der Waals surface area contributed by atoms with E-state index in [1.54, 1.807) is 0 Å². The van der Waals surface area contributed by atoms with Crippen molar-refractivity contribution in [1.29, 1.82) is 0 Å². The minimum absolute atomic E-state index is 0. The molecule has 0 aliphatic heterocycles. The third-order valence-electron chi connectivity index (χ3n) is 1.71. The minimum atomic E-state index is -4.76. The van der Waals surface area contributed by atoms with E-state index in [4.69, 9.17) is 4.55 Å². The molecule has 0 saturated heterocycles. The Kier molecular flexibility index (Phi) is 4.94. The van der Waals surface area contributed by atoms with Gasteiger partial charge in [0.15, 0.2) is 0 Å². The molecule has 1 rings (SSSR count). The third kappa shape index (κ3) is 3.59. The van der Waals surface area contributed by atoms with E-state index in [2.05, 4.69) is 0 Å². The van der Waals surface area contributed by atoms with E-state index in [1.807, 2.05) is 0 Å². The van der Waals surface area contributed by atoms with Gasteiger partial charge in [-0.3, -0.25) is 4.55 Å². The number of hydrogen-bond acceptors (Lipinski definition) is 6. The molecule has 0 atom stereocenters.